The van der Waals surface area contributed by atoms with Crippen LogP contribution in [-0.2, 0) is 16.0 Å². The number of hydrogen-bond acceptors (Lipinski definition) is 4. The van der Waals surface area contributed by atoms with Gasteiger partial charge in [0.15, 0.2) is 0 Å². The summed E-state index contributed by atoms with van der Waals surface area (Å²) in [6.45, 7) is 3.61. The maximum Gasteiger partial charge on any atom is 0.239 e. The quantitative estimate of drug-likeness (QED) is 0.701. The van der Waals surface area contributed by atoms with Gasteiger partial charge < -0.3 is 20.1 Å². The number of ether oxygens (including phenoxy) is 2. The summed E-state index contributed by atoms with van der Waals surface area (Å²) in [4.78, 5) is 25.1. The van der Waals surface area contributed by atoms with Crippen LogP contribution >= 0.6 is 0 Å². The van der Waals surface area contributed by atoms with Crippen molar-refractivity contribution in [3.63, 3.8) is 0 Å². The van der Waals surface area contributed by atoms with Crippen molar-refractivity contribution in [2.75, 3.05) is 26.1 Å². The fourth-order valence-corrected chi connectivity index (χ4v) is 2.53. The zero-order chi connectivity index (χ0) is 19.9. The van der Waals surface area contributed by atoms with Gasteiger partial charge in [0.05, 0.1) is 14.2 Å². The van der Waals surface area contributed by atoms with Gasteiger partial charge in [-0.05, 0) is 44.0 Å². The standard InChI is InChI=1S/C21H26N2O4/c1-21(2,20(25)23-16-9-7-10-17(14-16)26-3)19(24)22-13-12-15-8-5-6-11-18(15)27-4/h5-11,14H,12-13H2,1-4H3,(H,22,24)(H,23,25). The molecule has 0 aromatic heterocycles. The number of methoxy groups -OCH3 is 2. The van der Waals surface area contributed by atoms with Crippen molar-refractivity contribution >= 4 is 17.5 Å². The predicted molar refractivity (Wildman–Crippen MR) is 105 cm³/mol. The van der Waals surface area contributed by atoms with Crippen LogP contribution in [0.5, 0.6) is 11.5 Å². The van der Waals surface area contributed by atoms with Crippen LogP contribution < -0.4 is 20.1 Å². The van der Waals surface area contributed by atoms with Crippen LogP contribution in [0.2, 0.25) is 0 Å². The molecule has 0 saturated heterocycles. The Bertz CT molecular complexity index is 802. The molecule has 0 unspecified atom stereocenters. The van der Waals surface area contributed by atoms with Crippen LogP contribution in [0.25, 0.3) is 0 Å². The molecule has 0 spiro atoms. The van der Waals surface area contributed by atoms with Gasteiger partial charge in [-0.25, -0.2) is 0 Å². The molecule has 2 N–H and O–H groups in total. The molecule has 27 heavy (non-hydrogen) atoms. The van der Waals surface area contributed by atoms with Crippen molar-refractivity contribution in [2.24, 2.45) is 5.41 Å². The van der Waals surface area contributed by atoms with Crippen molar-refractivity contribution in [1.82, 2.24) is 5.32 Å². The van der Waals surface area contributed by atoms with E-state index in [1.165, 1.54) is 0 Å². The molecule has 0 saturated carbocycles. The highest BCUT2D eigenvalue weighted by molar-refractivity contribution is 6.09. The molecular weight excluding hydrogens is 344 g/mol. The van der Waals surface area contributed by atoms with E-state index >= 15 is 0 Å². The van der Waals surface area contributed by atoms with Crippen molar-refractivity contribution in [2.45, 2.75) is 20.3 Å². The third-order valence-electron chi connectivity index (χ3n) is 4.34. The second-order valence-electron chi connectivity index (χ2n) is 6.63. The Labute approximate surface area is 159 Å². The molecule has 2 rings (SSSR count). The molecule has 0 heterocycles. The Hall–Kier alpha value is -3.02. The first-order valence-electron chi connectivity index (χ1n) is 8.74. The highest BCUT2D eigenvalue weighted by Gasteiger charge is 2.35. The summed E-state index contributed by atoms with van der Waals surface area (Å²) in [7, 11) is 3.17. The first-order valence-corrected chi connectivity index (χ1v) is 8.74. The minimum Gasteiger partial charge on any atom is -0.497 e. The summed E-state index contributed by atoms with van der Waals surface area (Å²) < 4.78 is 10.4. The Morgan fingerprint density at radius 3 is 2.41 bits per heavy atom. The first-order chi connectivity index (χ1) is 12.9. The third-order valence-corrected chi connectivity index (χ3v) is 4.34. The minimum absolute atomic E-state index is 0.335. The van der Waals surface area contributed by atoms with E-state index < -0.39 is 5.41 Å². The second-order valence-corrected chi connectivity index (χ2v) is 6.63. The van der Waals surface area contributed by atoms with Gasteiger partial charge >= 0.3 is 0 Å². The topological polar surface area (TPSA) is 76.7 Å². The zero-order valence-electron chi connectivity index (χ0n) is 16.2. The number of amides is 2. The largest absolute Gasteiger partial charge is 0.497 e. The van der Waals surface area contributed by atoms with Crippen LogP contribution in [0, 0.1) is 5.41 Å². The number of hydrogen-bond donors (Lipinski definition) is 2. The van der Waals surface area contributed by atoms with Gasteiger partial charge in [0.1, 0.15) is 16.9 Å². The van der Waals surface area contributed by atoms with E-state index in [2.05, 4.69) is 10.6 Å². The van der Waals surface area contributed by atoms with Crippen LogP contribution in [0.4, 0.5) is 5.69 Å². The first kappa shape index (κ1) is 20.3. The zero-order valence-corrected chi connectivity index (χ0v) is 16.2. The van der Waals surface area contributed by atoms with Gasteiger partial charge in [-0.1, -0.05) is 24.3 Å². The van der Waals surface area contributed by atoms with Crippen molar-refractivity contribution in [3.8, 4) is 11.5 Å². The SMILES string of the molecule is COc1cccc(NC(=O)C(C)(C)C(=O)NCCc2ccccc2OC)c1. The van der Waals surface area contributed by atoms with E-state index in [1.807, 2.05) is 24.3 Å². The van der Waals surface area contributed by atoms with Gasteiger partial charge in [-0.2, -0.15) is 0 Å². The van der Waals surface area contributed by atoms with Crippen LogP contribution in [-0.4, -0.2) is 32.6 Å². The average Bonchev–Trinajstić information content (AvgIpc) is 2.68. The van der Waals surface area contributed by atoms with Crippen LogP contribution in [0.3, 0.4) is 0 Å². The van der Waals surface area contributed by atoms with E-state index in [-0.39, 0.29) is 11.8 Å². The molecule has 0 bridgehead atoms. The van der Waals surface area contributed by atoms with Gasteiger partial charge in [0.25, 0.3) is 0 Å². The lowest BCUT2D eigenvalue weighted by molar-refractivity contribution is -0.138. The van der Waals surface area contributed by atoms with E-state index in [0.717, 1.165) is 11.3 Å². The number of para-hydroxylation sites is 1. The highest BCUT2D eigenvalue weighted by Crippen LogP contribution is 2.22. The Morgan fingerprint density at radius 2 is 1.70 bits per heavy atom. The molecule has 0 aliphatic heterocycles. The predicted octanol–water partition coefficient (Wildman–Crippen LogP) is 3.03. The summed E-state index contributed by atoms with van der Waals surface area (Å²) in [5, 5.41) is 5.60. The monoisotopic (exact) mass is 370 g/mol. The number of benzene rings is 2. The number of nitrogens with one attached hydrogen (secondary N) is 2. The number of carbonyl (C=O) groups excluding carboxylic acids is 2. The lowest BCUT2D eigenvalue weighted by Crippen LogP contribution is -2.45. The van der Waals surface area contributed by atoms with Crippen LogP contribution in [0.1, 0.15) is 19.4 Å². The van der Waals surface area contributed by atoms with Gasteiger partial charge in [0.2, 0.25) is 11.8 Å². The molecular formula is C21H26N2O4. The van der Waals surface area contributed by atoms with Crippen molar-refractivity contribution < 1.29 is 19.1 Å². The Balaban J connectivity index is 1.94. The minimum atomic E-state index is -1.22. The van der Waals surface area contributed by atoms with E-state index in [4.69, 9.17) is 9.47 Å². The molecule has 2 aromatic rings. The molecule has 144 valence electrons. The Kier molecular flexibility index (Phi) is 6.82. The average molecular weight is 370 g/mol. The number of anilines is 1. The Morgan fingerprint density at radius 1 is 0.963 bits per heavy atom. The second kappa shape index (κ2) is 9.07. The molecule has 0 atom stereocenters. The fourth-order valence-electron chi connectivity index (χ4n) is 2.53. The molecule has 2 aromatic carbocycles. The van der Waals surface area contributed by atoms with Gasteiger partial charge in [-0.3, -0.25) is 9.59 Å². The third kappa shape index (κ3) is 5.23. The molecule has 2 amide bonds. The maximum atomic E-state index is 12.6. The number of carbonyl (C=O) groups is 2. The maximum absolute atomic E-state index is 12.6. The summed E-state index contributed by atoms with van der Waals surface area (Å²) in [5.74, 6) is 0.692. The molecule has 0 radical (unpaired) electrons. The van der Waals surface area contributed by atoms with E-state index in [0.29, 0.717) is 24.4 Å². The summed E-state index contributed by atoms with van der Waals surface area (Å²) in [6, 6.07) is 14.6. The lowest BCUT2D eigenvalue weighted by Gasteiger charge is -2.23. The smallest absolute Gasteiger partial charge is 0.239 e. The normalized spacial score (nSPS) is 10.8. The van der Waals surface area contributed by atoms with E-state index in [9.17, 15) is 9.59 Å². The molecule has 6 heteroatoms. The van der Waals surface area contributed by atoms with Crippen molar-refractivity contribution in [1.29, 1.82) is 0 Å². The molecule has 0 fully saturated rings. The van der Waals surface area contributed by atoms with Crippen molar-refractivity contribution in [3.05, 3.63) is 54.1 Å². The number of rotatable bonds is 8. The highest BCUT2D eigenvalue weighted by atomic mass is 16.5. The molecule has 0 aliphatic rings. The fraction of sp³-hybridized carbons (Fsp3) is 0.333. The van der Waals surface area contributed by atoms with E-state index in [1.54, 1.807) is 52.3 Å². The summed E-state index contributed by atoms with van der Waals surface area (Å²) >= 11 is 0. The van der Waals surface area contributed by atoms with Gasteiger partial charge in [0, 0.05) is 18.3 Å². The molecule has 0 aliphatic carbocycles. The van der Waals surface area contributed by atoms with Gasteiger partial charge in [-0.15, -0.1) is 0 Å². The lowest BCUT2D eigenvalue weighted by atomic mass is 9.90. The molecule has 6 nitrogen and oxygen atoms in total. The van der Waals surface area contributed by atoms with Crippen LogP contribution in [0.15, 0.2) is 48.5 Å². The summed E-state index contributed by atoms with van der Waals surface area (Å²) in [6.07, 6.45) is 0.614. The summed E-state index contributed by atoms with van der Waals surface area (Å²) in [5.41, 5.74) is 0.359.